The van der Waals surface area contributed by atoms with Gasteiger partial charge < -0.3 is 4.42 Å². The highest BCUT2D eigenvalue weighted by Crippen LogP contribution is 2.29. The monoisotopic (exact) mass is 134 g/mol. The minimum absolute atomic E-state index is 0.565. The fourth-order valence-electron chi connectivity index (χ4n) is 1.38. The molecule has 1 atom stereocenters. The van der Waals surface area contributed by atoms with Crippen LogP contribution in [0.25, 0.3) is 6.08 Å². The average molecular weight is 134 g/mol. The molecule has 0 saturated heterocycles. The molecule has 1 aliphatic rings. The smallest absolute Gasteiger partial charge is 0.114 e. The van der Waals surface area contributed by atoms with E-state index >= 15 is 0 Å². The van der Waals surface area contributed by atoms with Crippen LogP contribution in [0, 0.1) is 0 Å². The zero-order valence-corrected chi connectivity index (χ0v) is 6.00. The minimum atomic E-state index is 0.565. The van der Waals surface area contributed by atoms with Crippen LogP contribution >= 0.6 is 0 Å². The molecular formula is C9H10O. The fraction of sp³-hybridized carbons (Fsp3) is 0.333. The van der Waals surface area contributed by atoms with Gasteiger partial charge in [-0.05, 0) is 12.5 Å². The summed E-state index contributed by atoms with van der Waals surface area (Å²) in [5.74, 6) is 1.71. The molecule has 0 fully saturated rings. The van der Waals surface area contributed by atoms with Crippen molar-refractivity contribution in [3.05, 3.63) is 29.7 Å². The molecule has 0 spiro atoms. The van der Waals surface area contributed by atoms with Crippen LogP contribution in [0.5, 0.6) is 0 Å². The van der Waals surface area contributed by atoms with Gasteiger partial charge in [-0.3, -0.25) is 0 Å². The van der Waals surface area contributed by atoms with Crippen molar-refractivity contribution in [3.8, 4) is 0 Å². The third-order valence-corrected chi connectivity index (χ3v) is 1.96. The predicted molar refractivity (Wildman–Crippen MR) is 40.8 cm³/mol. The summed E-state index contributed by atoms with van der Waals surface area (Å²) in [6.45, 7) is 2.19. The van der Waals surface area contributed by atoms with E-state index in [1.165, 1.54) is 5.56 Å². The second-order valence-corrected chi connectivity index (χ2v) is 2.78. The molecule has 0 radical (unpaired) electrons. The molecule has 0 aromatic carbocycles. The summed E-state index contributed by atoms with van der Waals surface area (Å²) in [6, 6.07) is 2.02. The number of hydrogen-bond acceptors (Lipinski definition) is 1. The van der Waals surface area contributed by atoms with Crippen LogP contribution in [0.1, 0.15) is 30.6 Å². The SMILES string of the molecule is CC1CC=Cc2ccoc21. The van der Waals surface area contributed by atoms with E-state index < -0.39 is 0 Å². The van der Waals surface area contributed by atoms with Gasteiger partial charge in [0.1, 0.15) is 5.76 Å². The number of furan rings is 1. The molecule has 0 saturated carbocycles. The molecule has 0 amide bonds. The summed E-state index contributed by atoms with van der Waals surface area (Å²) in [5, 5.41) is 0. The maximum absolute atomic E-state index is 5.32. The quantitative estimate of drug-likeness (QED) is 0.531. The number of rotatable bonds is 0. The molecule has 52 valence electrons. The molecule has 1 heteroatoms. The molecule has 1 heterocycles. The van der Waals surface area contributed by atoms with Crippen LogP contribution in [-0.4, -0.2) is 0 Å². The second-order valence-electron chi connectivity index (χ2n) is 2.78. The Morgan fingerprint density at radius 3 is 3.30 bits per heavy atom. The molecule has 1 aromatic rings. The summed E-state index contributed by atoms with van der Waals surface area (Å²) < 4.78 is 5.32. The van der Waals surface area contributed by atoms with Crippen LogP contribution < -0.4 is 0 Å². The van der Waals surface area contributed by atoms with Crippen molar-refractivity contribution in [1.29, 1.82) is 0 Å². The highest BCUT2D eigenvalue weighted by molar-refractivity contribution is 5.54. The Kier molecular flexibility index (Phi) is 1.16. The summed E-state index contributed by atoms with van der Waals surface area (Å²) in [7, 11) is 0. The van der Waals surface area contributed by atoms with Crippen molar-refractivity contribution < 1.29 is 4.42 Å². The van der Waals surface area contributed by atoms with Gasteiger partial charge >= 0.3 is 0 Å². The molecule has 1 nitrogen and oxygen atoms in total. The van der Waals surface area contributed by atoms with Gasteiger partial charge in [0.05, 0.1) is 6.26 Å². The molecular weight excluding hydrogens is 124 g/mol. The maximum Gasteiger partial charge on any atom is 0.114 e. The number of fused-ring (bicyclic) bond motifs is 1. The first kappa shape index (κ1) is 5.78. The summed E-state index contributed by atoms with van der Waals surface area (Å²) in [6.07, 6.45) is 7.19. The lowest BCUT2D eigenvalue weighted by molar-refractivity contribution is 0.472. The topological polar surface area (TPSA) is 13.1 Å². The first-order chi connectivity index (χ1) is 4.88. The van der Waals surface area contributed by atoms with Crippen molar-refractivity contribution in [1.82, 2.24) is 0 Å². The molecule has 1 aromatic heterocycles. The van der Waals surface area contributed by atoms with E-state index in [1.54, 1.807) is 6.26 Å². The Morgan fingerprint density at radius 1 is 1.60 bits per heavy atom. The molecule has 1 aliphatic carbocycles. The molecule has 2 rings (SSSR count). The van der Waals surface area contributed by atoms with Gasteiger partial charge in [0.25, 0.3) is 0 Å². The van der Waals surface area contributed by atoms with Crippen molar-refractivity contribution in [3.63, 3.8) is 0 Å². The third kappa shape index (κ3) is 0.703. The second kappa shape index (κ2) is 2.01. The van der Waals surface area contributed by atoms with E-state index in [1.807, 2.05) is 6.07 Å². The Bertz CT molecular complexity index is 257. The molecule has 0 bridgehead atoms. The Balaban J connectivity index is 2.52. The minimum Gasteiger partial charge on any atom is -0.468 e. The number of hydrogen-bond donors (Lipinski definition) is 0. The third-order valence-electron chi connectivity index (χ3n) is 1.96. The first-order valence-corrected chi connectivity index (χ1v) is 3.62. The number of allylic oxidation sites excluding steroid dienone is 1. The molecule has 1 unspecified atom stereocenters. The zero-order valence-electron chi connectivity index (χ0n) is 6.00. The fourth-order valence-corrected chi connectivity index (χ4v) is 1.38. The van der Waals surface area contributed by atoms with E-state index in [9.17, 15) is 0 Å². The van der Waals surface area contributed by atoms with Crippen LogP contribution in [0.4, 0.5) is 0 Å². The highest BCUT2D eigenvalue weighted by Gasteiger charge is 2.14. The average Bonchev–Trinajstić information content (AvgIpc) is 2.36. The highest BCUT2D eigenvalue weighted by atomic mass is 16.3. The first-order valence-electron chi connectivity index (χ1n) is 3.62. The van der Waals surface area contributed by atoms with Gasteiger partial charge in [-0.2, -0.15) is 0 Å². The predicted octanol–water partition coefficient (Wildman–Crippen LogP) is 2.80. The van der Waals surface area contributed by atoms with Crippen LogP contribution in [0.15, 0.2) is 22.8 Å². The van der Waals surface area contributed by atoms with Crippen molar-refractivity contribution >= 4 is 6.08 Å². The van der Waals surface area contributed by atoms with E-state index in [2.05, 4.69) is 19.1 Å². The van der Waals surface area contributed by atoms with E-state index in [0.29, 0.717) is 5.92 Å². The summed E-state index contributed by atoms with van der Waals surface area (Å²) in [4.78, 5) is 0. The van der Waals surface area contributed by atoms with Gasteiger partial charge in [0.2, 0.25) is 0 Å². The standard InChI is InChI=1S/C9H10O/c1-7-3-2-4-8-5-6-10-9(7)8/h2,4-7H,3H2,1H3. The van der Waals surface area contributed by atoms with Crippen LogP contribution in [-0.2, 0) is 0 Å². The van der Waals surface area contributed by atoms with Crippen molar-refractivity contribution in [2.24, 2.45) is 0 Å². The van der Waals surface area contributed by atoms with Gasteiger partial charge in [-0.1, -0.05) is 19.1 Å². The van der Waals surface area contributed by atoms with Crippen molar-refractivity contribution in [2.45, 2.75) is 19.3 Å². The maximum atomic E-state index is 5.32. The lowest BCUT2D eigenvalue weighted by Gasteiger charge is -2.10. The molecule has 0 N–H and O–H groups in total. The van der Waals surface area contributed by atoms with Crippen LogP contribution in [0.3, 0.4) is 0 Å². The summed E-state index contributed by atoms with van der Waals surface area (Å²) >= 11 is 0. The Hall–Kier alpha value is -0.980. The van der Waals surface area contributed by atoms with E-state index in [-0.39, 0.29) is 0 Å². The molecule has 10 heavy (non-hydrogen) atoms. The van der Waals surface area contributed by atoms with Gasteiger partial charge in [-0.15, -0.1) is 0 Å². The Labute approximate surface area is 60.4 Å². The van der Waals surface area contributed by atoms with Crippen LogP contribution in [0.2, 0.25) is 0 Å². The van der Waals surface area contributed by atoms with E-state index in [0.717, 1.165) is 12.2 Å². The summed E-state index contributed by atoms with van der Waals surface area (Å²) in [5.41, 5.74) is 1.25. The van der Waals surface area contributed by atoms with Crippen molar-refractivity contribution in [2.75, 3.05) is 0 Å². The lowest BCUT2D eigenvalue weighted by atomic mass is 9.96. The zero-order chi connectivity index (χ0) is 6.97. The van der Waals surface area contributed by atoms with Gasteiger partial charge in [0.15, 0.2) is 0 Å². The van der Waals surface area contributed by atoms with E-state index in [4.69, 9.17) is 4.42 Å². The normalized spacial score (nSPS) is 22.7. The van der Waals surface area contributed by atoms with Gasteiger partial charge in [-0.25, -0.2) is 0 Å². The Morgan fingerprint density at radius 2 is 2.50 bits per heavy atom. The lowest BCUT2D eigenvalue weighted by Crippen LogP contribution is -1.95. The van der Waals surface area contributed by atoms with Gasteiger partial charge in [0, 0.05) is 11.5 Å². The molecule has 0 aliphatic heterocycles. The largest absolute Gasteiger partial charge is 0.468 e.